The van der Waals surface area contributed by atoms with E-state index in [0.29, 0.717) is 17.2 Å². The average Bonchev–Trinajstić information content (AvgIpc) is 2.83. The van der Waals surface area contributed by atoms with Crippen LogP contribution in [-0.2, 0) is 20.8 Å². The summed E-state index contributed by atoms with van der Waals surface area (Å²) in [7, 11) is 1.37. The third kappa shape index (κ3) is 7.21. The number of rotatable bonds is 9. The average molecular weight is 534 g/mol. The minimum Gasteiger partial charge on any atom is -0.480 e. The Hall–Kier alpha value is -3.10. The Morgan fingerprint density at radius 1 is 1.06 bits per heavy atom. The summed E-state index contributed by atoms with van der Waals surface area (Å²) in [4.78, 5) is 42.3. The number of halogens is 2. The monoisotopic (exact) mass is 533 g/mol. The molecule has 10 heteroatoms. The van der Waals surface area contributed by atoms with E-state index in [0.717, 1.165) is 25.7 Å². The summed E-state index contributed by atoms with van der Waals surface area (Å²) in [5, 5.41) is 19.4. The molecule has 36 heavy (non-hydrogen) atoms. The summed E-state index contributed by atoms with van der Waals surface area (Å²) in [6, 6.07) is 10.3. The van der Waals surface area contributed by atoms with Crippen LogP contribution in [0.15, 0.2) is 47.6 Å². The molecule has 1 aliphatic rings. The topological polar surface area (TPSA) is 117 Å². The Balaban J connectivity index is 1.65. The SMILES string of the molecule is CON=C(C(=O)N[C@@H](Cc1ccc(NC(=O)c2c(Cl)cccc2Cl)cc1)C(=O)O)C1CCC(C)CC1. The van der Waals surface area contributed by atoms with Crippen LogP contribution in [0, 0.1) is 11.8 Å². The van der Waals surface area contributed by atoms with Crippen molar-refractivity contribution in [1.29, 1.82) is 0 Å². The summed E-state index contributed by atoms with van der Waals surface area (Å²) in [6.45, 7) is 2.17. The highest BCUT2D eigenvalue weighted by atomic mass is 35.5. The Morgan fingerprint density at radius 2 is 1.67 bits per heavy atom. The van der Waals surface area contributed by atoms with Gasteiger partial charge in [-0.05, 0) is 48.6 Å². The molecule has 0 radical (unpaired) electrons. The standard InChI is InChI=1S/C26H29Cl2N3O5/c1-15-6-10-17(11-7-15)23(31-36-2)25(33)30-21(26(34)35)14-16-8-12-18(13-9-16)29-24(32)22-19(27)4-3-5-20(22)28/h3-5,8-9,12-13,15,17,21H,6-7,10-11,14H2,1-2H3,(H,29,32)(H,30,33)(H,34,35)/t15?,17?,21-/m0/s1. The second kappa shape index (κ2) is 12.7. The number of hydrogen-bond donors (Lipinski definition) is 3. The van der Waals surface area contributed by atoms with Crippen molar-refractivity contribution < 1.29 is 24.3 Å². The number of nitrogens with zero attached hydrogens (tertiary/aromatic N) is 1. The number of carboxylic acids is 1. The molecule has 1 saturated carbocycles. The van der Waals surface area contributed by atoms with Gasteiger partial charge < -0.3 is 20.6 Å². The second-order valence-corrected chi connectivity index (χ2v) is 9.75. The molecular weight excluding hydrogens is 505 g/mol. The summed E-state index contributed by atoms with van der Waals surface area (Å²) >= 11 is 12.2. The van der Waals surface area contributed by atoms with Crippen molar-refractivity contribution in [3.05, 3.63) is 63.6 Å². The number of carboxylic acid groups (broad SMARTS) is 1. The van der Waals surface area contributed by atoms with Crippen LogP contribution in [0.2, 0.25) is 10.0 Å². The van der Waals surface area contributed by atoms with Crippen LogP contribution in [0.5, 0.6) is 0 Å². The number of hydrogen-bond acceptors (Lipinski definition) is 5. The lowest BCUT2D eigenvalue weighted by molar-refractivity contribution is -0.141. The highest BCUT2D eigenvalue weighted by Crippen LogP contribution is 2.29. The smallest absolute Gasteiger partial charge is 0.326 e. The van der Waals surface area contributed by atoms with Gasteiger partial charge in [-0.25, -0.2) is 4.79 Å². The Bertz CT molecular complexity index is 1110. The first-order chi connectivity index (χ1) is 17.2. The molecule has 0 bridgehead atoms. The van der Waals surface area contributed by atoms with Crippen molar-refractivity contribution >= 4 is 52.4 Å². The zero-order valence-electron chi connectivity index (χ0n) is 20.1. The zero-order valence-corrected chi connectivity index (χ0v) is 21.6. The van der Waals surface area contributed by atoms with Crippen molar-refractivity contribution in [2.24, 2.45) is 17.0 Å². The van der Waals surface area contributed by atoms with Crippen LogP contribution < -0.4 is 10.6 Å². The Morgan fingerprint density at radius 3 is 2.22 bits per heavy atom. The van der Waals surface area contributed by atoms with Crippen LogP contribution in [0.25, 0.3) is 0 Å². The number of amides is 2. The van der Waals surface area contributed by atoms with E-state index in [-0.39, 0.29) is 33.7 Å². The van der Waals surface area contributed by atoms with Crippen LogP contribution >= 0.6 is 23.2 Å². The van der Waals surface area contributed by atoms with Crippen molar-refractivity contribution in [1.82, 2.24) is 5.32 Å². The lowest BCUT2D eigenvalue weighted by Gasteiger charge is -2.27. The largest absolute Gasteiger partial charge is 0.480 e. The summed E-state index contributed by atoms with van der Waals surface area (Å²) < 4.78 is 0. The van der Waals surface area contributed by atoms with E-state index in [4.69, 9.17) is 28.0 Å². The molecule has 0 heterocycles. The van der Waals surface area contributed by atoms with Crippen molar-refractivity contribution in [2.45, 2.75) is 45.1 Å². The van der Waals surface area contributed by atoms with Gasteiger partial charge in [0.15, 0.2) is 0 Å². The molecule has 1 aliphatic carbocycles. The van der Waals surface area contributed by atoms with E-state index in [1.165, 1.54) is 7.11 Å². The summed E-state index contributed by atoms with van der Waals surface area (Å²) in [5.74, 6) is -1.64. The van der Waals surface area contributed by atoms with E-state index in [2.05, 4.69) is 22.7 Å². The van der Waals surface area contributed by atoms with Gasteiger partial charge >= 0.3 is 5.97 Å². The number of carbonyl (C=O) groups is 3. The van der Waals surface area contributed by atoms with Gasteiger partial charge in [0.1, 0.15) is 18.9 Å². The van der Waals surface area contributed by atoms with Gasteiger partial charge in [0.25, 0.3) is 11.8 Å². The van der Waals surface area contributed by atoms with Crippen LogP contribution in [0.4, 0.5) is 5.69 Å². The quantitative estimate of drug-likeness (QED) is 0.303. The molecule has 0 aromatic heterocycles. The van der Waals surface area contributed by atoms with Crippen LogP contribution in [0.3, 0.4) is 0 Å². The lowest BCUT2D eigenvalue weighted by atomic mass is 9.80. The van der Waals surface area contributed by atoms with Crippen LogP contribution in [0.1, 0.15) is 48.5 Å². The number of aliphatic carboxylic acids is 1. The minimum atomic E-state index is -1.16. The first-order valence-corrected chi connectivity index (χ1v) is 12.4. The zero-order chi connectivity index (χ0) is 26.2. The molecule has 1 atom stereocenters. The van der Waals surface area contributed by atoms with Gasteiger partial charge in [-0.3, -0.25) is 9.59 Å². The number of nitrogens with one attached hydrogen (secondary N) is 2. The molecule has 8 nitrogen and oxygen atoms in total. The van der Waals surface area contributed by atoms with Crippen molar-refractivity contribution in [3.63, 3.8) is 0 Å². The highest BCUT2D eigenvalue weighted by molar-refractivity contribution is 6.40. The highest BCUT2D eigenvalue weighted by Gasteiger charge is 2.30. The lowest BCUT2D eigenvalue weighted by Crippen LogP contribution is -2.47. The number of oxime groups is 1. The first-order valence-electron chi connectivity index (χ1n) is 11.7. The number of anilines is 1. The normalized spacial score (nSPS) is 18.7. The molecule has 0 unspecified atom stereocenters. The molecule has 0 aliphatic heterocycles. The summed E-state index contributed by atoms with van der Waals surface area (Å²) in [6.07, 6.45) is 3.62. The second-order valence-electron chi connectivity index (χ2n) is 8.93. The van der Waals surface area contributed by atoms with Gasteiger partial charge in [-0.1, -0.05) is 66.3 Å². The molecule has 2 aromatic rings. The van der Waals surface area contributed by atoms with E-state index in [9.17, 15) is 19.5 Å². The Kier molecular flexibility index (Phi) is 9.73. The minimum absolute atomic E-state index is 0.0492. The predicted molar refractivity (Wildman–Crippen MR) is 140 cm³/mol. The third-order valence-electron chi connectivity index (χ3n) is 6.27. The molecule has 3 rings (SSSR count). The van der Waals surface area contributed by atoms with Gasteiger partial charge in [-0.15, -0.1) is 0 Å². The van der Waals surface area contributed by atoms with Gasteiger partial charge in [-0.2, -0.15) is 0 Å². The van der Waals surface area contributed by atoms with Crippen molar-refractivity contribution in [3.8, 4) is 0 Å². The molecular formula is C26H29Cl2N3O5. The van der Waals surface area contributed by atoms with E-state index in [1.54, 1.807) is 42.5 Å². The van der Waals surface area contributed by atoms with Gasteiger partial charge in [0.2, 0.25) is 0 Å². The maximum atomic E-state index is 12.9. The number of benzene rings is 2. The van der Waals surface area contributed by atoms with E-state index >= 15 is 0 Å². The maximum absolute atomic E-state index is 12.9. The molecule has 1 fully saturated rings. The third-order valence-corrected chi connectivity index (χ3v) is 6.90. The fourth-order valence-electron chi connectivity index (χ4n) is 4.23. The number of carbonyl (C=O) groups excluding carboxylic acids is 2. The van der Waals surface area contributed by atoms with E-state index < -0.39 is 23.8 Å². The molecule has 3 N–H and O–H groups in total. The van der Waals surface area contributed by atoms with Crippen molar-refractivity contribution in [2.75, 3.05) is 12.4 Å². The van der Waals surface area contributed by atoms with E-state index in [1.807, 2.05) is 0 Å². The van der Waals surface area contributed by atoms with Crippen LogP contribution in [-0.4, -0.2) is 41.8 Å². The fourth-order valence-corrected chi connectivity index (χ4v) is 4.80. The summed E-state index contributed by atoms with van der Waals surface area (Å²) in [5.41, 5.74) is 1.54. The molecule has 192 valence electrons. The molecule has 2 aromatic carbocycles. The molecule has 0 spiro atoms. The molecule has 0 saturated heterocycles. The predicted octanol–water partition coefficient (Wildman–Crippen LogP) is 5.19. The molecule has 2 amide bonds. The maximum Gasteiger partial charge on any atom is 0.326 e. The first kappa shape index (κ1) is 27.5. The van der Waals surface area contributed by atoms with Gasteiger partial charge in [0, 0.05) is 18.0 Å². The Labute approximate surface area is 220 Å². The fraction of sp³-hybridized carbons (Fsp3) is 0.385. The van der Waals surface area contributed by atoms with Gasteiger partial charge in [0.05, 0.1) is 15.6 Å².